The molecule has 0 aliphatic carbocycles. The van der Waals surface area contributed by atoms with Crippen molar-refractivity contribution in [2.24, 2.45) is 11.5 Å². The predicted octanol–water partition coefficient (Wildman–Crippen LogP) is 4.05. The lowest BCUT2D eigenvalue weighted by molar-refractivity contribution is 0.100. The SMILES string of the molecule is COc1c(Nc2nc(N3CCCC(N)C3)ncc2C(N)=O)cc(-c2ccccc2)cc1C(C)C. The lowest BCUT2D eigenvalue weighted by Gasteiger charge is -2.31. The maximum absolute atomic E-state index is 12.2. The molecule has 1 saturated heterocycles. The van der Waals surface area contributed by atoms with E-state index in [9.17, 15) is 4.79 Å². The van der Waals surface area contributed by atoms with Gasteiger partial charge in [0.25, 0.3) is 5.91 Å². The summed E-state index contributed by atoms with van der Waals surface area (Å²) in [6.45, 7) is 5.72. The number of anilines is 3. The molecule has 1 unspecified atom stereocenters. The normalized spacial score (nSPS) is 15.9. The molecule has 1 atom stereocenters. The van der Waals surface area contributed by atoms with Gasteiger partial charge in [-0.25, -0.2) is 4.98 Å². The van der Waals surface area contributed by atoms with Crippen molar-refractivity contribution in [3.8, 4) is 16.9 Å². The van der Waals surface area contributed by atoms with Crippen LogP contribution < -0.4 is 26.4 Å². The zero-order valence-corrected chi connectivity index (χ0v) is 19.9. The number of carbonyl (C=O) groups is 1. The number of amides is 1. The summed E-state index contributed by atoms with van der Waals surface area (Å²) in [4.78, 5) is 23.3. The predicted molar refractivity (Wildman–Crippen MR) is 136 cm³/mol. The molecule has 0 spiro atoms. The van der Waals surface area contributed by atoms with Crippen LogP contribution in [0.2, 0.25) is 0 Å². The van der Waals surface area contributed by atoms with Crippen LogP contribution in [-0.4, -0.2) is 42.1 Å². The smallest absolute Gasteiger partial charge is 0.254 e. The van der Waals surface area contributed by atoms with Gasteiger partial charge in [-0.2, -0.15) is 4.98 Å². The van der Waals surface area contributed by atoms with Gasteiger partial charge in [-0.15, -0.1) is 0 Å². The standard InChI is InChI=1S/C26H32N6O2/c1-16(2)20-12-18(17-8-5-4-6-9-17)13-22(23(20)34-3)30-25-21(24(28)33)14-29-26(31-25)32-11-7-10-19(27)15-32/h4-6,8-9,12-14,16,19H,7,10-11,15,27H2,1-3H3,(H2,28,33)(H,29,30,31). The number of rotatable bonds is 7. The lowest BCUT2D eigenvalue weighted by atomic mass is 9.95. The van der Waals surface area contributed by atoms with Crippen molar-refractivity contribution in [1.82, 2.24) is 9.97 Å². The van der Waals surface area contributed by atoms with E-state index in [1.54, 1.807) is 7.11 Å². The molecule has 2 heterocycles. The number of methoxy groups -OCH3 is 1. The summed E-state index contributed by atoms with van der Waals surface area (Å²) in [7, 11) is 1.64. The fourth-order valence-electron chi connectivity index (χ4n) is 4.32. The number of piperidine rings is 1. The number of primary amides is 1. The molecule has 34 heavy (non-hydrogen) atoms. The number of nitrogens with zero attached hydrogens (tertiary/aromatic N) is 3. The number of carbonyl (C=O) groups excluding carboxylic acids is 1. The Morgan fingerprint density at radius 3 is 2.62 bits per heavy atom. The molecule has 1 amide bonds. The molecule has 5 N–H and O–H groups in total. The minimum absolute atomic E-state index is 0.0702. The average molecular weight is 461 g/mol. The molecule has 0 bridgehead atoms. The molecule has 2 aromatic carbocycles. The summed E-state index contributed by atoms with van der Waals surface area (Å²) in [6.07, 6.45) is 3.42. The third-order valence-electron chi connectivity index (χ3n) is 6.09. The van der Waals surface area contributed by atoms with Gasteiger partial charge in [0.15, 0.2) is 0 Å². The van der Waals surface area contributed by atoms with Crippen LogP contribution >= 0.6 is 0 Å². The van der Waals surface area contributed by atoms with Crippen molar-refractivity contribution >= 4 is 23.4 Å². The van der Waals surface area contributed by atoms with Gasteiger partial charge in [0.2, 0.25) is 5.95 Å². The van der Waals surface area contributed by atoms with Crippen LogP contribution in [0.15, 0.2) is 48.7 Å². The van der Waals surface area contributed by atoms with Crippen LogP contribution in [0.5, 0.6) is 5.75 Å². The summed E-state index contributed by atoms with van der Waals surface area (Å²) in [5.74, 6) is 1.17. The highest BCUT2D eigenvalue weighted by Crippen LogP contribution is 2.40. The fraction of sp³-hybridized carbons (Fsp3) is 0.346. The Kier molecular flexibility index (Phi) is 6.98. The molecule has 178 valence electrons. The molecular formula is C26H32N6O2. The summed E-state index contributed by atoms with van der Waals surface area (Å²) >= 11 is 0. The number of ether oxygens (including phenoxy) is 1. The highest BCUT2D eigenvalue weighted by molar-refractivity contribution is 5.98. The van der Waals surface area contributed by atoms with Gasteiger partial charge < -0.3 is 26.4 Å². The molecule has 8 heteroatoms. The molecule has 0 radical (unpaired) electrons. The fourth-order valence-corrected chi connectivity index (χ4v) is 4.32. The van der Waals surface area contributed by atoms with Gasteiger partial charge >= 0.3 is 0 Å². The van der Waals surface area contributed by atoms with E-state index in [0.29, 0.717) is 29.7 Å². The van der Waals surface area contributed by atoms with Crippen molar-refractivity contribution in [2.75, 3.05) is 30.4 Å². The van der Waals surface area contributed by atoms with E-state index < -0.39 is 5.91 Å². The minimum atomic E-state index is -0.605. The van der Waals surface area contributed by atoms with Crippen molar-refractivity contribution in [3.63, 3.8) is 0 Å². The largest absolute Gasteiger partial charge is 0.494 e. The topological polar surface area (TPSA) is 119 Å². The van der Waals surface area contributed by atoms with E-state index in [-0.39, 0.29) is 17.5 Å². The van der Waals surface area contributed by atoms with Gasteiger partial charge in [-0.05, 0) is 47.6 Å². The van der Waals surface area contributed by atoms with Crippen LogP contribution in [0.3, 0.4) is 0 Å². The highest BCUT2D eigenvalue weighted by atomic mass is 16.5. The van der Waals surface area contributed by atoms with Crippen molar-refractivity contribution in [2.45, 2.75) is 38.6 Å². The van der Waals surface area contributed by atoms with E-state index >= 15 is 0 Å². The second-order valence-electron chi connectivity index (χ2n) is 8.94. The summed E-state index contributed by atoms with van der Waals surface area (Å²) in [6, 6.07) is 14.3. The maximum atomic E-state index is 12.2. The molecule has 1 aliphatic rings. The van der Waals surface area contributed by atoms with Gasteiger partial charge in [0.1, 0.15) is 17.1 Å². The quantitative estimate of drug-likeness (QED) is 0.487. The maximum Gasteiger partial charge on any atom is 0.254 e. The molecular weight excluding hydrogens is 428 g/mol. The van der Waals surface area contributed by atoms with Gasteiger partial charge in [-0.3, -0.25) is 4.79 Å². The Balaban J connectivity index is 1.81. The molecule has 3 aromatic rings. The zero-order chi connectivity index (χ0) is 24.2. The van der Waals surface area contributed by atoms with Crippen molar-refractivity contribution in [3.05, 3.63) is 59.8 Å². The molecule has 0 saturated carbocycles. The zero-order valence-electron chi connectivity index (χ0n) is 19.9. The number of hydrogen-bond acceptors (Lipinski definition) is 7. The van der Waals surface area contributed by atoms with Crippen LogP contribution in [-0.2, 0) is 0 Å². The Hall–Kier alpha value is -3.65. The first kappa shape index (κ1) is 23.5. The molecule has 1 fully saturated rings. The Labute approximate surface area is 200 Å². The molecule has 4 rings (SSSR count). The first-order chi connectivity index (χ1) is 16.4. The number of nitrogens with two attached hydrogens (primary N) is 2. The second kappa shape index (κ2) is 10.1. The van der Waals surface area contributed by atoms with Crippen LogP contribution in [0, 0.1) is 0 Å². The third-order valence-corrected chi connectivity index (χ3v) is 6.09. The van der Waals surface area contributed by atoms with Gasteiger partial charge in [0, 0.05) is 25.3 Å². The number of aromatic nitrogens is 2. The summed E-state index contributed by atoms with van der Waals surface area (Å²) in [5, 5.41) is 3.33. The molecule has 1 aliphatic heterocycles. The Morgan fingerprint density at radius 1 is 1.21 bits per heavy atom. The second-order valence-corrected chi connectivity index (χ2v) is 8.94. The number of hydrogen-bond donors (Lipinski definition) is 3. The van der Waals surface area contributed by atoms with E-state index in [1.807, 2.05) is 29.2 Å². The average Bonchev–Trinajstić information content (AvgIpc) is 2.84. The minimum Gasteiger partial charge on any atom is -0.494 e. The highest BCUT2D eigenvalue weighted by Gasteiger charge is 2.23. The third kappa shape index (κ3) is 4.97. The summed E-state index contributed by atoms with van der Waals surface area (Å²) < 4.78 is 5.81. The van der Waals surface area contributed by atoms with Crippen molar-refractivity contribution in [1.29, 1.82) is 0 Å². The van der Waals surface area contributed by atoms with Crippen LogP contribution in [0.1, 0.15) is 48.5 Å². The van der Waals surface area contributed by atoms with Gasteiger partial charge in [0.05, 0.1) is 12.8 Å². The van der Waals surface area contributed by atoms with Gasteiger partial charge in [-0.1, -0.05) is 44.2 Å². The van der Waals surface area contributed by atoms with E-state index in [2.05, 4.69) is 42.3 Å². The Morgan fingerprint density at radius 2 is 1.97 bits per heavy atom. The lowest BCUT2D eigenvalue weighted by Crippen LogP contribution is -2.43. The number of benzene rings is 2. The van der Waals surface area contributed by atoms with Crippen molar-refractivity contribution < 1.29 is 9.53 Å². The van der Waals surface area contributed by atoms with E-state index in [4.69, 9.17) is 21.2 Å². The first-order valence-electron chi connectivity index (χ1n) is 11.6. The molecule has 1 aromatic heterocycles. The Bertz CT molecular complexity index is 1170. The monoisotopic (exact) mass is 460 g/mol. The first-order valence-corrected chi connectivity index (χ1v) is 11.6. The van der Waals surface area contributed by atoms with E-state index in [1.165, 1.54) is 6.20 Å². The van der Waals surface area contributed by atoms with E-state index in [0.717, 1.165) is 36.1 Å². The number of nitrogens with one attached hydrogen (secondary N) is 1. The molecule has 8 nitrogen and oxygen atoms in total. The van der Waals surface area contributed by atoms with Crippen LogP contribution in [0.4, 0.5) is 17.5 Å². The summed E-state index contributed by atoms with van der Waals surface area (Å²) in [5.41, 5.74) is 15.9. The van der Waals surface area contributed by atoms with Crippen LogP contribution in [0.25, 0.3) is 11.1 Å².